The first-order chi connectivity index (χ1) is 13.3. The number of piperidine rings is 1. The Kier molecular flexibility index (Phi) is 6.65. The Bertz CT molecular complexity index is 770. The molecule has 1 amide bonds. The molecule has 0 radical (unpaired) electrons. The van der Waals surface area contributed by atoms with Crippen molar-refractivity contribution in [2.75, 3.05) is 31.1 Å². The molecule has 0 spiro atoms. The van der Waals surface area contributed by atoms with Crippen molar-refractivity contribution in [2.24, 2.45) is 11.8 Å². The lowest BCUT2D eigenvalue weighted by molar-refractivity contribution is -0.135. The summed E-state index contributed by atoms with van der Waals surface area (Å²) in [6.45, 7) is 11.5. The molecule has 1 atom stereocenters. The molecule has 3 rings (SSSR count). The summed E-state index contributed by atoms with van der Waals surface area (Å²) in [6.07, 6.45) is 5.47. The number of aromatic amines is 1. The lowest BCUT2D eigenvalue weighted by atomic mass is 10.00. The number of hydrogen-bond donors (Lipinski definition) is 2. The molecule has 0 aromatic carbocycles. The molecule has 2 aliphatic rings. The number of anilines is 1. The molecule has 8 heteroatoms. The van der Waals surface area contributed by atoms with Gasteiger partial charge in [-0.05, 0) is 31.6 Å². The predicted octanol–water partition coefficient (Wildman–Crippen LogP) is 2.39. The molecule has 2 saturated heterocycles. The molecule has 2 N–H and O–H groups in total. The molecule has 28 heavy (non-hydrogen) atoms. The smallest absolute Gasteiger partial charge is 0.285 e. The van der Waals surface area contributed by atoms with Gasteiger partial charge in [0.15, 0.2) is 0 Å². The lowest BCUT2D eigenvalue weighted by Crippen LogP contribution is -2.46. The zero-order valence-electron chi connectivity index (χ0n) is 16.7. The monoisotopic (exact) mass is 407 g/mol. The second-order valence-corrected chi connectivity index (χ2v) is 8.58. The highest BCUT2D eigenvalue weighted by molar-refractivity contribution is 6.33. The number of H-pyrrole nitrogens is 1. The highest BCUT2D eigenvalue weighted by atomic mass is 35.5. The average molecular weight is 408 g/mol. The zero-order chi connectivity index (χ0) is 20.3. The predicted molar refractivity (Wildman–Crippen MR) is 112 cm³/mol. The van der Waals surface area contributed by atoms with Crippen LogP contribution in [0.25, 0.3) is 0 Å². The molecule has 2 fully saturated rings. The Hall–Kier alpha value is -2.02. The van der Waals surface area contributed by atoms with Crippen LogP contribution in [-0.4, -0.2) is 53.2 Å². The van der Waals surface area contributed by atoms with Crippen molar-refractivity contribution >= 4 is 23.2 Å². The summed E-state index contributed by atoms with van der Waals surface area (Å²) in [5.74, 6) is 0.780. The van der Waals surface area contributed by atoms with Crippen LogP contribution in [0.2, 0.25) is 5.02 Å². The van der Waals surface area contributed by atoms with Gasteiger partial charge < -0.3 is 15.1 Å². The van der Waals surface area contributed by atoms with Gasteiger partial charge in [0.2, 0.25) is 5.91 Å². The number of rotatable bonds is 6. The fourth-order valence-corrected chi connectivity index (χ4v) is 4.33. The first kappa shape index (κ1) is 20.7. The number of amides is 1. The quantitative estimate of drug-likeness (QED) is 0.756. The van der Waals surface area contributed by atoms with Gasteiger partial charge >= 0.3 is 0 Å². The van der Waals surface area contributed by atoms with E-state index >= 15 is 0 Å². The van der Waals surface area contributed by atoms with Crippen LogP contribution in [0.4, 0.5) is 5.69 Å². The molecule has 7 nitrogen and oxygen atoms in total. The van der Waals surface area contributed by atoms with Gasteiger partial charge in [0.25, 0.3) is 5.56 Å². The van der Waals surface area contributed by atoms with Gasteiger partial charge in [-0.2, -0.15) is 5.10 Å². The topological polar surface area (TPSA) is 81.3 Å². The van der Waals surface area contributed by atoms with E-state index < -0.39 is 0 Å². The summed E-state index contributed by atoms with van der Waals surface area (Å²) >= 11 is 6.13. The number of carbonyl (C=O) groups excluding carboxylic acids is 1. The number of nitrogens with zero attached hydrogens (tertiary/aromatic N) is 3. The standard InChI is InChI=1S/C20H30ClN5O2/c1-13(2)20(28)25-8-5-16(6-9-25)23-14(3)10-15-4-7-26(12-15)17-11-22-24-19(27)18(17)21/h11,13,15-16,23H,3-10,12H2,1-2H3,(H,24,27). The van der Waals surface area contributed by atoms with Gasteiger partial charge in [0, 0.05) is 43.8 Å². The van der Waals surface area contributed by atoms with Gasteiger partial charge in [-0.3, -0.25) is 9.59 Å². The number of allylic oxidation sites excluding steroid dienone is 1. The molecule has 0 saturated carbocycles. The number of likely N-dealkylation sites (tertiary alicyclic amines) is 1. The first-order valence-corrected chi connectivity index (χ1v) is 10.4. The van der Waals surface area contributed by atoms with E-state index in [0.717, 1.165) is 57.6 Å². The van der Waals surface area contributed by atoms with Gasteiger partial charge in [0.05, 0.1) is 11.9 Å². The minimum Gasteiger partial charge on any atom is -0.386 e. The van der Waals surface area contributed by atoms with Gasteiger partial charge in [-0.25, -0.2) is 5.10 Å². The Morgan fingerprint density at radius 2 is 2.07 bits per heavy atom. The van der Waals surface area contributed by atoms with Crippen LogP contribution < -0.4 is 15.8 Å². The Morgan fingerprint density at radius 1 is 1.36 bits per heavy atom. The van der Waals surface area contributed by atoms with Crippen LogP contribution in [0.15, 0.2) is 23.3 Å². The highest BCUT2D eigenvalue weighted by Crippen LogP contribution is 2.29. The third-order valence-corrected chi connectivity index (χ3v) is 6.01. The molecular formula is C20H30ClN5O2. The fourth-order valence-electron chi connectivity index (χ4n) is 4.12. The maximum absolute atomic E-state index is 12.1. The van der Waals surface area contributed by atoms with Crippen molar-refractivity contribution in [3.8, 4) is 0 Å². The first-order valence-electron chi connectivity index (χ1n) is 10.1. The molecule has 1 aromatic rings. The van der Waals surface area contributed by atoms with Crippen molar-refractivity contribution in [1.82, 2.24) is 20.4 Å². The van der Waals surface area contributed by atoms with E-state index in [9.17, 15) is 9.59 Å². The van der Waals surface area contributed by atoms with Crippen molar-refractivity contribution in [1.29, 1.82) is 0 Å². The number of carbonyl (C=O) groups is 1. The second kappa shape index (κ2) is 8.99. The van der Waals surface area contributed by atoms with Crippen LogP contribution in [0, 0.1) is 11.8 Å². The van der Waals surface area contributed by atoms with Crippen LogP contribution in [0.5, 0.6) is 0 Å². The third-order valence-electron chi connectivity index (χ3n) is 5.65. The van der Waals surface area contributed by atoms with Crippen molar-refractivity contribution < 1.29 is 4.79 Å². The average Bonchev–Trinajstić information content (AvgIpc) is 3.12. The normalized spacial score (nSPS) is 20.6. The molecule has 0 aliphatic carbocycles. The minimum absolute atomic E-state index is 0.0636. The largest absolute Gasteiger partial charge is 0.386 e. The maximum atomic E-state index is 12.1. The van der Waals surface area contributed by atoms with E-state index in [4.69, 9.17) is 11.6 Å². The molecule has 1 unspecified atom stereocenters. The van der Waals surface area contributed by atoms with Crippen LogP contribution in [0.1, 0.15) is 39.5 Å². The van der Waals surface area contributed by atoms with Crippen LogP contribution in [0.3, 0.4) is 0 Å². The van der Waals surface area contributed by atoms with Crippen LogP contribution in [-0.2, 0) is 4.79 Å². The van der Waals surface area contributed by atoms with Crippen LogP contribution >= 0.6 is 11.6 Å². The summed E-state index contributed by atoms with van der Waals surface area (Å²) in [4.78, 5) is 27.8. The number of hydrogen-bond acceptors (Lipinski definition) is 5. The molecule has 1 aromatic heterocycles. The summed E-state index contributed by atoms with van der Waals surface area (Å²) in [6, 6.07) is 0.382. The summed E-state index contributed by atoms with van der Waals surface area (Å²) in [7, 11) is 0. The third kappa shape index (κ3) is 4.87. The Morgan fingerprint density at radius 3 is 2.75 bits per heavy atom. The Balaban J connectivity index is 1.44. The van der Waals surface area contributed by atoms with Gasteiger partial charge in [-0.1, -0.05) is 32.0 Å². The molecular weight excluding hydrogens is 378 g/mol. The molecule has 2 aliphatic heterocycles. The molecule has 0 bridgehead atoms. The second-order valence-electron chi connectivity index (χ2n) is 8.21. The van der Waals surface area contributed by atoms with E-state index in [1.165, 1.54) is 0 Å². The number of halogens is 1. The van der Waals surface area contributed by atoms with Gasteiger partial charge in [0.1, 0.15) is 5.02 Å². The minimum atomic E-state index is -0.351. The van der Waals surface area contributed by atoms with E-state index in [2.05, 4.69) is 27.0 Å². The fraction of sp³-hybridized carbons (Fsp3) is 0.650. The van der Waals surface area contributed by atoms with E-state index in [-0.39, 0.29) is 22.4 Å². The maximum Gasteiger partial charge on any atom is 0.285 e. The van der Waals surface area contributed by atoms with Gasteiger partial charge in [-0.15, -0.1) is 0 Å². The number of nitrogens with one attached hydrogen (secondary N) is 2. The van der Waals surface area contributed by atoms with Crippen molar-refractivity contribution in [3.63, 3.8) is 0 Å². The summed E-state index contributed by atoms with van der Waals surface area (Å²) in [5, 5.41) is 9.99. The summed E-state index contributed by atoms with van der Waals surface area (Å²) < 4.78 is 0. The van der Waals surface area contributed by atoms with E-state index in [1.807, 2.05) is 18.7 Å². The zero-order valence-corrected chi connectivity index (χ0v) is 17.5. The SMILES string of the molecule is C=C(CC1CCN(c2cn[nH]c(=O)c2Cl)C1)NC1CCN(C(=O)C(C)C)CC1. The highest BCUT2D eigenvalue weighted by Gasteiger charge is 2.27. The van der Waals surface area contributed by atoms with Crippen molar-refractivity contribution in [3.05, 3.63) is 33.8 Å². The van der Waals surface area contributed by atoms with E-state index in [0.29, 0.717) is 17.6 Å². The summed E-state index contributed by atoms with van der Waals surface area (Å²) in [5.41, 5.74) is 1.40. The molecule has 3 heterocycles. The lowest BCUT2D eigenvalue weighted by Gasteiger charge is -2.34. The number of aromatic nitrogens is 2. The van der Waals surface area contributed by atoms with Crippen molar-refractivity contribution in [2.45, 2.75) is 45.6 Å². The Labute approximate surface area is 171 Å². The molecule has 154 valence electrons. The van der Waals surface area contributed by atoms with E-state index in [1.54, 1.807) is 6.20 Å².